The molecule has 6 heteroatoms. The van der Waals surface area contributed by atoms with Crippen LogP contribution in [0.4, 0.5) is 11.4 Å². The maximum atomic E-state index is 12.3. The van der Waals surface area contributed by atoms with Crippen LogP contribution in [0.1, 0.15) is 24.0 Å². The Hall–Kier alpha value is -2.24. The number of anilines is 2. The molecule has 5 nitrogen and oxygen atoms in total. The van der Waals surface area contributed by atoms with Crippen LogP contribution in [0.25, 0.3) is 0 Å². The molecule has 1 fully saturated rings. The molecule has 0 aromatic heterocycles. The Balaban J connectivity index is 1.45. The lowest BCUT2D eigenvalue weighted by molar-refractivity contribution is -0.116. The van der Waals surface area contributed by atoms with Crippen molar-refractivity contribution < 1.29 is 9.53 Å². The molecule has 0 saturated carbocycles. The highest BCUT2D eigenvalue weighted by Gasteiger charge is 2.15. The van der Waals surface area contributed by atoms with Crippen LogP contribution in [0.3, 0.4) is 0 Å². The van der Waals surface area contributed by atoms with Gasteiger partial charge in [-0.05, 0) is 74.8 Å². The lowest BCUT2D eigenvalue weighted by Crippen LogP contribution is -2.44. The standard InChI is InChI=1S/C23H30ClN3O2/c1-17-16-20(27-12-10-26(3)11-13-27)7-8-21(17)25-23(28)5-4-14-29-22-9-6-19(24)15-18(22)2/h6-9,15-16H,4-5,10-14H2,1-3H3,(H,25,28). The van der Waals surface area contributed by atoms with Crippen molar-refractivity contribution >= 4 is 28.9 Å². The van der Waals surface area contributed by atoms with Crippen LogP contribution in [-0.4, -0.2) is 50.6 Å². The van der Waals surface area contributed by atoms with Gasteiger partial charge in [0.2, 0.25) is 5.91 Å². The first-order valence-electron chi connectivity index (χ1n) is 10.2. The maximum Gasteiger partial charge on any atom is 0.224 e. The molecular formula is C23H30ClN3O2. The monoisotopic (exact) mass is 415 g/mol. The van der Waals surface area contributed by atoms with Gasteiger partial charge in [-0.25, -0.2) is 0 Å². The number of carbonyl (C=O) groups is 1. The Morgan fingerprint density at radius 1 is 1.07 bits per heavy atom. The van der Waals surface area contributed by atoms with Crippen LogP contribution in [-0.2, 0) is 4.79 Å². The van der Waals surface area contributed by atoms with Crippen molar-refractivity contribution in [1.82, 2.24) is 4.90 Å². The van der Waals surface area contributed by atoms with Crippen molar-refractivity contribution in [1.29, 1.82) is 0 Å². The van der Waals surface area contributed by atoms with E-state index in [1.807, 2.05) is 38.1 Å². The van der Waals surface area contributed by atoms with Crippen LogP contribution < -0.4 is 15.0 Å². The van der Waals surface area contributed by atoms with Gasteiger partial charge < -0.3 is 19.9 Å². The van der Waals surface area contributed by atoms with E-state index < -0.39 is 0 Å². The Labute approximate surface area is 178 Å². The fourth-order valence-electron chi connectivity index (χ4n) is 3.45. The number of piperazine rings is 1. The number of ether oxygens (including phenoxy) is 1. The highest BCUT2D eigenvalue weighted by molar-refractivity contribution is 6.30. The van der Waals surface area contributed by atoms with Gasteiger partial charge in [0.25, 0.3) is 0 Å². The summed E-state index contributed by atoms with van der Waals surface area (Å²) in [6, 6.07) is 11.8. The molecule has 0 spiro atoms. The third-order valence-corrected chi connectivity index (χ3v) is 5.53. The number of benzene rings is 2. The average molecular weight is 416 g/mol. The Morgan fingerprint density at radius 3 is 2.52 bits per heavy atom. The SMILES string of the molecule is Cc1cc(N2CCN(C)CC2)ccc1NC(=O)CCCOc1ccc(Cl)cc1C. The fourth-order valence-corrected chi connectivity index (χ4v) is 3.68. The maximum absolute atomic E-state index is 12.3. The Morgan fingerprint density at radius 2 is 1.83 bits per heavy atom. The zero-order chi connectivity index (χ0) is 20.8. The lowest BCUT2D eigenvalue weighted by Gasteiger charge is -2.34. The zero-order valence-corrected chi connectivity index (χ0v) is 18.3. The molecule has 1 N–H and O–H groups in total. The summed E-state index contributed by atoms with van der Waals surface area (Å²) in [5.41, 5.74) is 4.18. The number of hydrogen-bond donors (Lipinski definition) is 1. The predicted molar refractivity (Wildman–Crippen MR) is 120 cm³/mol. The third kappa shape index (κ3) is 6.12. The van der Waals surface area contributed by atoms with Gasteiger partial charge in [-0.2, -0.15) is 0 Å². The number of nitrogens with zero attached hydrogens (tertiary/aromatic N) is 2. The lowest BCUT2D eigenvalue weighted by atomic mass is 10.1. The van der Waals surface area contributed by atoms with Crippen LogP contribution >= 0.6 is 11.6 Å². The fraction of sp³-hybridized carbons (Fsp3) is 0.435. The van der Waals surface area contributed by atoms with Crippen LogP contribution in [0.2, 0.25) is 5.02 Å². The van der Waals surface area contributed by atoms with Crippen molar-refractivity contribution in [3.05, 3.63) is 52.5 Å². The summed E-state index contributed by atoms with van der Waals surface area (Å²) in [5, 5.41) is 3.72. The molecule has 2 aromatic carbocycles. The summed E-state index contributed by atoms with van der Waals surface area (Å²) < 4.78 is 5.76. The largest absolute Gasteiger partial charge is 0.493 e. The van der Waals surface area contributed by atoms with E-state index >= 15 is 0 Å². The normalized spacial score (nSPS) is 14.7. The molecule has 156 valence electrons. The summed E-state index contributed by atoms with van der Waals surface area (Å²) in [4.78, 5) is 17.1. The van der Waals surface area contributed by atoms with E-state index in [9.17, 15) is 4.79 Å². The second-order valence-corrected chi connectivity index (χ2v) is 8.14. The first kappa shape index (κ1) is 21.5. The molecule has 0 radical (unpaired) electrons. The summed E-state index contributed by atoms with van der Waals surface area (Å²) in [6.45, 7) is 8.73. The second-order valence-electron chi connectivity index (χ2n) is 7.70. The topological polar surface area (TPSA) is 44.8 Å². The molecule has 0 atom stereocenters. The minimum Gasteiger partial charge on any atom is -0.493 e. The van der Waals surface area contributed by atoms with Crippen molar-refractivity contribution in [3.63, 3.8) is 0 Å². The van der Waals surface area contributed by atoms with E-state index in [0.29, 0.717) is 24.5 Å². The summed E-state index contributed by atoms with van der Waals surface area (Å²) in [6.07, 6.45) is 1.08. The van der Waals surface area contributed by atoms with Gasteiger partial charge in [0.05, 0.1) is 6.61 Å². The molecule has 1 aliphatic heterocycles. The van der Waals surface area contributed by atoms with Crippen LogP contribution in [0, 0.1) is 13.8 Å². The smallest absolute Gasteiger partial charge is 0.224 e. The second kappa shape index (κ2) is 9.99. The number of carbonyl (C=O) groups excluding carboxylic acids is 1. The van der Waals surface area contributed by atoms with Gasteiger partial charge in [0, 0.05) is 49.0 Å². The highest BCUT2D eigenvalue weighted by atomic mass is 35.5. The van der Waals surface area contributed by atoms with Crippen LogP contribution in [0.15, 0.2) is 36.4 Å². The van der Waals surface area contributed by atoms with Crippen molar-refractivity contribution in [2.75, 3.05) is 50.1 Å². The van der Waals surface area contributed by atoms with Crippen molar-refractivity contribution in [2.24, 2.45) is 0 Å². The molecule has 2 aromatic rings. The molecular weight excluding hydrogens is 386 g/mol. The Bertz CT molecular complexity index is 848. The Kier molecular flexibility index (Phi) is 7.40. The van der Waals surface area contributed by atoms with Gasteiger partial charge in [-0.1, -0.05) is 11.6 Å². The molecule has 1 aliphatic rings. The van der Waals surface area contributed by atoms with Gasteiger partial charge in [-0.3, -0.25) is 4.79 Å². The minimum absolute atomic E-state index is 0.0110. The quantitative estimate of drug-likeness (QED) is 0.676. The number of likely N-dealkylation sites (N-methyl/N-ethyl adjacent to an activating group) is 1. The molecule has 0 unspecified atom stereocenters. The summed E-state index contributed by atoms with van der Waals surface area (Å²) in [7, 11) is 2.16. The number of halogens is 1. The summed E-state index contributed by atoms with van der Waals surface area (Å²) >= 11 is 5.96. The molecule has 1 amide bonds. The number of aryl methyl sites for hydroxylation is 2. The predicted octanol–water partition coefficient (Wildman–Crippen LogP) is 4.51. The van der Waals surface area contributed by atoms with E-state index in [2.05, 4.69) is 34.3 Å². The van der Waals surface area contributed by atoms with E-state index in [1.54, 1.807) is 0 Å². The zero-order valence-electron chi connectivity index (χ0n) is 17.5. The molecule has 3 rings (SSSR count). The molecule has 1 heterocycles. The average Bonchev–Trinajstić information content (AvgIpc) is 2.69. The number of rotatable bonds is 7. The highest BCUT2D eigenvalue weighted by Crippen LogP contribution is 2.24. The minimum atomic E-state index is 0.0110. The van der Waals surface area contributed by atoms with Crippen molar-refractivity contribution in [2.45, 2.75) is 26.7 Å². The van der Waals surface area contributed by atoms with Gasteiger partial charge in [-0.15, -0.1) is 0 Å². The molecule has 0 aliphatic carbocycles. The number of nitrogens with one attached hydrogen (secondary N) is 1. The third-order valence-electron chi connectivity index (χ3n) is 5.30. The summed E-state index contributed by atoms with van der Waals surface area (Å²) in [5.74, 6) is 0.821. The first-order valence-corrected chi connectivity index (χ1v) is 10.5. The van der Waals surface area contributed by atoms with Crippen molar-refractivity contribution in [3.8, 4) is 5.75 Å². The van der Waals surface area contributed by atoms with E-state index in [0.717, 1.165) is 48.7 Å². The number of amides is 1. The molecule has 1 saturated heterocycles. The molecule has 0 bridgehead atoms. The molecule has 29 heavy (non-hydrogen) atoms. The van der Waals surface area contributed by atoms with Crippen LogP contribution in [0.5, 0.6) is 5.75 Å². The van der Waals surface area contributed by atoms with Gasteiger partial charge in [0.15, 0.2) is 0 Å². The van der Waals surface area contributed by atoms with E-state index in [4.69, 9.17) is 16.3 Å². The van der Waals surface area contributed by atoms with E-state index in [-0.39, 0.29) is 5.91 Å². The van der Waals surface area contributed by atoms with Gasteiger partial charge >= 0.3 is 0 Å². The first-order chi connectivity index (χ1) is 13.9. The van der Waals surface area contributed by atoms with Gasteiger partial charge in [0.1, 0.15) is 5.75 Å². The number of hydrogen-bond acceptors (Lipinski definition) is 4. The van der Waals surface area contributed by atoms with E-state index in [1.165, 1.54) is 5.69 Å².